The normalized spacial score (nSPS) is 23.4. The van der Waals surface area contributed by atoms with E-state index < -0.39 is 6.04 Å². The van der Waals surface area contributed by atoms with Gasteiger partial charge >= 0.3 is 0 Å². The van der Waals surface area contributed by atoms with Gasteiger partial charge in [0.15, 0.2) is 0 Å². The Morgan fingerprint density at radius 1 is 1.53 bits per heavy atom. The monoisotopic (exact) mass is 241 g/mol. The summed E-state index contributed by atoms with van der Waals surface area (Å²) in [7, 11) is 0. The Hall–Kier alpha value is -0.610. The summed E-state index contributed by atoms with van der Waals surface area (Å²) in [5.41, 5.74) is 5.46. The van der Waals surface area contributed by atoms with E-state index in [2.05, 4.69) is 17.1 Å². The third kappa shape index (κ3) is 6.03. The number of unbranched alkanes of at least 4 members (excludes halogenated alkanes) is 1. The fourth-order valence-corrected chi connectivity index (χ4v) is 2.32. The molecule has 0 aromatic rings. The van der Waals surface area contributed by atoms with Gasteiger partial charge in [-0.05, 0) is 51.6 Å². The molecule has 0 aliphatic carbocycles. The van der Waals surface area contributed by atoms with Crippen molar-refractivity contribution < 1.29 is 4.79 Å². The van der Waals surface area contributed by atoms with Crippen LogP contribution in [-0.4, -0.2) is 43.0 Å². The van der Waals surface area contributed by atoms with Crippen LogP contribution in [-0.2, 0) is 4.79 Å². The van der Waals surface area contributed by atoms with E-state index in [1.807, 2.05) is 0 Å². The van der Waals surface area contributed by atoms with Gasteiger partial charge < -0.3 is 16.0 Å². The first kappa shape index (κ1) is 14.5. The summed E-state index contributed by atoms with van der Waals surface area (Å²) in [5, 5.41) is 2.85. The number of piperidine rings is 1. The summed E-state index contributed by atoms with van der Waals surface area (Å²) in [6, 6.07) is -0.391. The maximum absolute atomic E-state index is 11.2. The van der Waals surface area contributed by atoms with Crippen LogP contribution in [0, 0.1) is 5.92 Å². The van der Waals surface area contributed by atoms with Gasteiger partial charge in [0, 0.05) is 13.1 Å². The van der Waals surface area contributed by atoms with E-state index in [1.54, 1.807) is 6.92 Å². The van der Waals surface area contributed by atoms with E-state index in [4.69, 9.17) is 5.73 Å². The molecule has 4 heteroatoms. The van der Waals surface area contributed by atoms with E-state index in [-0.39, 0.29) is 5.91 Å². The molecule has 2 atom stereocenters. The summed E-state index contributed by atoms with van der Waals surface area (Å²) < 4.78 is 0. The van der Waals surface area contributed by atoms with Crippen molar-refractivity contribution in [2.24, 2.45) is 11.7 Å². The van der Waals surface area contributed by atoms with E-state index in [0.29, 0.717) is 0 Å². The fourth-order valence-electron chi connectivity index (χ4n) is 2.32. The molecule has 1 rings (SSSR count). The minimum Gasteiger partial charge on any atom is -0.355 e. The molecule has 1 heterocycles. The van der Waals surface area contributed by atoms with Crippen LogP contribution >= 0.6 is 0 Å². The fraction of sp³-hybridized carbons (Fsp3) is 0.923. The summed E-state index contributed by atoms with van der Waals surface area (Å²) in [5.74, 6) is 0.804. The highest BCUT2D eigenvalue weighted by atomic mass is 16.2. The highest BCUT2D eigenvalue weighted by Gasteiger charge is 2.15. The molecule has 1 aliphatic rings. The van der Waals surface area contributed by atoms with Crippen molar-refractivity contribution >= 4 is 5.91 Å². The number of hydrogen-bond acceptors (Lipinski definition) is 3. The van der Waals surface area contributed by atoms with E-state index in [1.165, 1.54) is 32.5 Å². The van der Waals surface area contributed by atoms with Crippen LogP contribution < -0.4 is 11.1 Å². The molecule has 0 spiro atoms. The molecule has 3 N–H and O–H groups in total. The van der Waals surface area contributed by atoms with Crippen molar-refractivity contribution in [1.29, 1.82) is 0 Å². The van der Waals surface area contributed by atoms with Crippen LogP contribution in [0.2, 0.25) is 0 Å². The van der Waals surface area contributed by atoms with E-state index in [9.17, 15) is 4.79 Å². The minimum absolute atomic E-state index is 0.0448. The zero-order valence-electron chi connectivity index (χ0n) is 11.2. The summed E-state index contributed by atoms with van der Waals surface area (Å²) >= 11 is 0. The molecule has 2 unspecified atom stereocenters. The molecule has 1 aliphatic heterocycles. The molecule has 0 radical (unpaired) electrons. The van der Waals surface area contributed by atoms with Crippen molar-refractivity contribution in [2.45, 2.75) is 45.6 Å². The lowest BCUT2D eigenvalue weighted by atomic mass is 10.0. The zero-order chi connectivity index (χ0) is 12.7. The van der Waals surface area contributed by atoms with Gasteiger partial charge in [-0.2, -0.15) is 0 Å². The number of rotatable bonds is 6. The second-order valence-electron chi connectivity index (χ2n) is 5.33. The van der Waals surface area contributed by atoms with Crippen LogP contribution in [0.1, 0.15) is 39.5 Å². The van der Waals surface area contributed by atoms with Crippen molar-refractivity contribution in [3.63, 3.8) is 0 Å². The molecule has 0 bridgehead atoms. The van der Waals surface area contributed by atoms with Crippen molar-refractivity contribution in [3.05, 3.63) is 0 Å². The van der Waals surface area contributed by atoms with Gasteiger partial charge in [-0.25, -0.2) is 0 Å². The quantitative estimate of drug-likeness (QED) is 0.681. The first-order chi connectivity index (χ1) is 8.09. The first-order valence-electron chi connectivity index (χ1n) is 6.85. The number of carbonyl (C=O) groups excluding carboxylic acids is 1. The molecule has 0 saturated carbocycles. The predicted octanol–water partition coefficient (Wildman–Crippen LogP) is 0.962. The topological polar surface area (TPSA) is 58.4 Å². The van der Waals surface area contributed by atoms with Crippen LogP contribution in [0.15, 0.2) is 0 Å². The average Bonchev–Trinajstić information content (AvgIpc) is 2.28. The van der Waals surface area contributed by atoms with Crippen molar-refractivity contribution in [2.75, 3.05) is 26.2 Å². The Bertz CT molecular complexity index is 231. The van der Waals surface area contributed by atoms with Crippen molar-refractivity contribution in [3.8, 4) is 0 Å². The van der Waals surface area contributed by atoms with Crippen LogP contribution in [0.25, 0.3) is 0 Å². The molecule has 1 fully saturated rings. The molecular formula is C13H27N3O. The summed E-state index contributed by atoms with van der Waals surface area (Å²) in [4.78, 5) is 13.7. The Balaban J connectivity index is 1.98. The lowest BCUT2D eigenvalue weighted by Gasteiger charge is -2.30. The second-order valence-corrected chi connectivity index (χ2v) is 5.33. The average molecular weight is 241 g/mol. The summed E-state index contributed by atoms with van der Waals surface area (Å²) in [6.07, 6.45) is 4.92. The standard InChI is InChI=1S/C13H27N3O/c1-11-6-5-9-16(10-11)8-4-3-7-15-13(17)12(2)14/h11-12H,3-10,14H2,1-2H3,(H,15,17). The Labute approximate surface area is 105 Å². The maximum atomic E-state index is 11.2. The van der Waals surface area contributed by atoms with Gasteiger partial charge in [0.05, 0.1) is 6.04 Å². The highest BCUT2D eigenvalue weighted by Crippen LogP contribution is 2.15. The van der Waals surface area contributed by atoms with Gasteiger partial charge in [-0.15, -0.1) is 0 Å². The van der Waals surface area contributed by atoms with Crippen LogP contribution in [0.4, 0.5) is 0 Å². The van der Waals surface area contributed by atoms with Gasteiger partial charge in [0.25, 0.3) is 0 Å². The lowest BCUT2D eigenvalue weighted by Crippen LogP contribution is -2.39. The second kappa shape index (κ2) is 7.67. The van der Waals surface area contributed by atoms with Crippen molar-refractivity contribution in [1.82, 2.24) is 10.2 Å². The first-order valence-corrected chi connectivity index (χ1v) is 6.85. The Kier molecular flexibility index (Phi) is 6.52. The summed E-state index contributed by atoms with van der Waals surface area (Å²) in [6.45, 7) is 8.45. The van der Waals surface area contributed by atoms with Crippen LogP contribution in [0.5, 0.6) is 0 Å². The smallest absolute Gasteiger partial charge is 0.236 e. The molecule has 4 nitrogen and oxygen atoms in total. The van der Waals surface area contributed by atoms with Crippen LogP contribution in [0.3, 0.4) is 0 Å². The molecule has 0 aromatic carbocycles. The van der Waals surface area contributed by atoms with Gasteiger partial charge in [0.2, 0.25) is 5.91 Å². The number of nitrogens with one attached hydrogen (secondary N) is 1. The SMILES string of the molecule is CC1CCCN(CCCCNC(=O)C(C)N)C1. The zero-order valence-corrected chi connectivity index (χ0v) is 11.2. The Morgan fingerprint density at radius 3 is 2.94 bits per heavy atom. The highest BCUT2D eigenvalue weighted by molar-refractivity contribution is 5.80. The lowest BCUT2D eigenvalue weighted by molar-refractivity contribution is -0.121. The molecule has 1 saturated heterocycles. The largest absolute Gasteiger partial charge is 0.355 e. The molecule has 1 amide bonds. The molecule has 17 heavy (non-hydrogen) atoms. The third-order valence-corrected chi connectivity index (χ3v) is 3.36. The Morgan fingerprint density at radius 2 is 2.29 bits per heavy atom. The number of amides is 1. The number of likely N-dealkylation sites (tertiary alicyclic amines) is 1. The van der Waals surface area contributed by atoms with E-state index >= 15 is 0 Å². The number of nitrogens with two attached hydrogens (primary N) is 1. The maximum Gasteiger partial charge on any atom is 0.236 e. The van der Waals surface area contributed by atoms with E-state index in [0.717, 1.165) is 25.3 Å². The van der Waals surface area contributed by atoms with Gasteiger partial charge in [-0.3, -0.25) is 4.79 Å². The van der Waals surface area contributed by atoms with Gasteiger partial charge in [0.1, 0.15) is 0 Å². The molecular weight excluding hydrogens is 214 g/mol. The molecule has 0 aromatic heterocycles. The minimum atomic E-state index is -0.391. The van der Waals surface area contributed by atoms with Gasteiger partial charge in [-0.1, -0.05) is 6.92 Å². The third-order valence-electron chi connectivity index (χ3n) is 3.36. The molecule has 100 valence electrons. The number of hydrogen-bond donors (Lipinski definition) is 2. The number of carbonyl (C=O) groups is 1. The number of nitrogens with zero attached hydrogens (tertiary/aromatic N) is 1. The predicted molar refractivity (Wildman–Crippen MR) is 70.7 cm³/mol.